The number of piperidine rings is 1. The van der Waals surface area contributed by atoms with Crippen molar-refractivity contribution >= 4 is 5.82 Å². The molecule has 2 aliphatic heterocycles. The molecule has 7 nitrogen and oxygen atoms in total. The zero-order valence-corrected chi connectivity index (χ0v) is 19.2. The SMILES string of the molecule is CN(c1cnc(-c2cc(F)c(-c3ccn(C)n3)cc2O)cn1)[C@H]1C[C@]2(C)CC[C@@](C)(N2)[C@H]1F. The van der Waals surface area contributed by atoms with Crippen molar-refractivity contribution in [1.29, 1.82) is 0 Å². The van der Waals surface area contributed by atoms with E-state index in [9.17, 15) is 9.50 Å². The molecule has 1 aromatic carbocycles. The summed E-state index contributed by atoms with van der Waals surface area (Å²) in [5, 5.41) is 18.2. The number of hydrogen-bond acceptors (Lipinski definition) is 6. The number of rotatable bonds is 4. The lowest BCUT2D eigenvalue weighted by Gasteiger charge is -2.47. The van der Waals surface area contributed by atoms with Crippen LogP contribution in [0.5, 0.6) is 5.75 Å². The van der Waals surface area contributed by atoms with Crippen LogP contribution in [-0.2, 0) is 7.05 Å². The van der Waals surface area contributed by atoms with Crippen LogP contribution in [0.4, 0.5) is 14.6 Å². The fraction of sp³-hybridized carbons (Fsp3) is 0.458. The molecule has 33 heavy (non-hydrogen) atoms. The lowest BCUT2D eigenvalue weighted by atomic mass is 9.82. The van der Waals surface area contributed by atoms with Crippen LogP contribution in [0, 0.1) is 5.82 Å². The number of aryl methyl sites for hydroxylation is 1. The van der Waals surface area contributed by atoms with E-state index in [4.69, 9.17) is 0 Å². The minimum Gasteiger partial charge on any atom is -0.507 e. The zero-order valence-electron chi connectivity index (χ0n) is 19.2. The van der Waals surface area contributed by atoms with E-state index in [1.165, 1.54) is 18.3 Å². The Hall–Kier alpha value is -3.07. The van der Waals surface area contributed by atoms with Crippen molar-refractivity contribution in [3.8, 4) is 28.3 Å². The van der Waals surface area contributed by atoms with Gasteiger partial charge in [0.1, 0.15) is 23.6 Å². The first-order valence-electron chi connectivity index (χ1n) is 11.1. The molecule has 3 aromatic rings. The second kappa shape index (κ2) is 7.48. The summed E-state index contributed by atoms with van der Waals surface area (Å²) < 4.78 is 31.8. The predicted octanol–water partition coefficient (Wildman–Crippen LogP) is 3.84. The fourth-order valence-electron chi connectivity index (χ4n) is 5.37. The van der Waals surface area contributed by atoms with Gasteiger partial charge in [-0.05, 0) is 51.3 Å². The third kappa shape index (κ3) is 3.64. The topological polar surface area (TPSA) is 79.1 Å². The summed E-state index contributed by atoms with van der Waals surface area (Å²) in [5.74, 6) is -0.103. The van der Waals surface area contributed by atoms with Gasteiger partial charge in [0.15, 0.2) is 0 Å². The van der Waals surface area contributed by atoms with Crippen molar-refractivity contribution in [3.63, 3.8) is 0 Å². The molecule has 0 spiro atoms. The number of halogens is 2. The summed E-state index contributed by atoms with van der Waals surface area (Å²) in [7, 11) is 3.57. The molecule has 0 unspecified atom stereocenters. The molecule has 0 amide bonds. The normalized spacial score (nSPS) is 28.8. The van der Waals surface area contributed by atoms with Crippen molar-refractivity contribution in [3.05, 3.63) is 42.6 Å². The monoisotopic (exact) mass is 454 g/mol. The van der Waals surface area contributed by atoms with Crippen LogP contribution in [0.3, 0.4) is 0 Å². The first-order valence-corrected chi connectivity index (χ1v) is 11.1. The second-order valence-electron chi connectivity index (χ2n) is 9.87. The number of nitrogens with one attached hydrogen (secondary N) is 1. The Balaban J connectivity index is 1.40. The third-order valence-corrected chi connectivity index (χ3v) is 7.24. The van der Waals surface area contributed by atoms with Crippen molar-refractivity contribution in [2.75, 3.05) is 11.9 Å². The maximum Gasteiger partial charge on any atom is 0.147 e. The molecule has 2 fully saturated rings. The number of phenolic OH excluding ortho intramolecular Hbond substituents is 1. The molecule has 2 bridgehead atoms. The van der Waals surface area contributed by atoms with E-state index in [0.29, 0.717) is 23.6 Å². The molecule has 4 atom stereocenters. The number of benzene rings is 1. The number of hydrogen-bond donors (Lipinski definition) is 2. The highest BCUT2D eigenvalue weighted by Crippen LogP contribution is 2.45. The zero-order chi connectivity index (χ0) is 23.5. The summed E-state index contributed by atoms with van der Waals surface area (Å²) in [4.78, 5) is 10.7. The summed E-state index contributed by atoms with van der Waals surface area (Å²) in [5.41, 5.74) is 0.561. The van der Waals surface area contributed by atoms with Gasteiger partial charge in [-0.1, -0.05) is 0 Å². The number of aromatic hydroxyl groups is 1. The smallest absolute Gasteiger partial charge is 0.147 e. The Morgan fingerprint density at radius 3 is 2.61 bits per heavy atom. The average molecular weight is 455 g/mol. The minimum absolute atomic E-state index is 0.0949. The first-order chi connectivity index (χ1) is 15.6. The largest absolute Gasteiger partial charge is 0.507 e. The molecule has 5 rings (SSSR count). The van der Waals surface area contributed by atoms with Gasteiger partial charge in [-0.25, -0.2) is 13.8 Å². The van der Waals surface area contributed by atoms with E-state index in [1.807, 2.05) is 18.9 Å². The highest BCUT2D eigenvalue weighted by molar-refractivity contribution is 5.73. The van der Waals surface area contributed by atoms with Gasteiger partial charge in [-0.3, -0.25) is 9.67 Å². The summed E-state index contributed by atoms with van der Waals surface area (Å²) in [6.45, 7) is 4.09. The Bertz CT molecular complexity index is 1200. The number of alkyl halides is 1. The molecule has 2 aliphatic rings. The van der Waals surface area contributed by atoms with E-state index in [0.717, 1.165) is 12.8 Å². The molecule has 0 radical (unpaired) electrons. The van der Waals surface area contributed by atoms with Crippen LogP contribution in [0.2, 0.25) is 0 Å². The van der Waals surface area contributed by atoms with Crippen LogP contribution >= 0.6 is 0 Å². The van der Waals surface area contributed by atoms with Gasteiger partial charge in [-0.2, -0.15) is 5.10 Å². The van der Waals surface area contributed by atoms with Gasteiger partial charge in [0.2, 0.25) is 0 Å². The van der Waals surface area contributed by atoms with Crippen LogP contribution in [0.15, 0.2) is 36.8 Å². The van der Waals surface area contributed by atoms with Crippen LogP contribution in [-0.4, -0.2) is 55.2 Å². The molecule has 0 aliphatic carbocycles. The van der Waals surface area contributed by atoms with E-state index in [1.54, 1.807) is 30.2 Å². The molecule has 9 heteroatoms. The van der Waals surface area contributed by atoms with Crippen molar-refractivity contribution in [2.45, 2.75) is 56.4 Å². The van der Waals surface area contributed by atoms with Crippen molar-refractivity contribution < 1.29 is 13.9 Å². The van der Waals surface area contributed by atoms with Gasteiger partial charge in [0.25, 0.3) is 0 Å². The Morgan fingerprint density at radius 1 is 1.15 bits per heavy atom. The number of nitrogens with zero attached hydrogens (tertiary/aromatic N) is 5. The number of phenols is 1. The van der Waals surface area contributed by atoms with Crippen LogP contribution in [0.25, 0.3) is 22.5 Å². The van der Waals surface area contributed by atoms with E-state index >= 15 is 4.39 Å². The molecule has 2 aromatic heterocycles. The summed E-state index contributed by atoms with van der Waals surface area (Å²) in [6.07, 6.45) is 6.10. The van der Waals surface area contributed by atoms with Crippen LogP contribution in [0.1, 0.15) is 33.1 Å². The minimum atomic E-state index is -1.04. The Labute approximate surface area is 191 Å². The second-order valence-corrected chi connectivity index (χ2v) is 9.87. The van der Waals surface area contributed by atoms with E-state index < -0.39 is 17.5 Å². The summed E-state index contributed by atoms with van der Waals surface area (Å²) in [6, 6.07) is 3.92. The van der Waals surface area contributed by atoms with Gasteiger partial charge in [0, 0.05) is 42.5 Å². The average Bonchev–Trinajstić information content (AvgIpc) is 3.33. The lowest BCUT2D eigenvalue weighted by molar-refractivity contribution is 0.0859. The van der Waals surface area contributed by atoms with Gasteiger partial charge >= 0.3 is 0 Å². The molecular formula is C24H28F2N6O. The van der Waals surface area contributed by atoms with E-state index in [-0.39, 0.29) is 28.5 Å². The highest BCUT2D eigenvalue weighted by Gasteiger charge is 2.56. The molecular weight excluding hydrogens is 426 g/mol. The lowest BCUT2D eigenvalue weighted by Crippen LogP contribution is -2.65. The maximum absolute atomic E-state index is 15.4. The standard InChI is InChI=1S/C24H28F2N6O/c1-23-6-7-24(2,30-23)22(26)19(11-23)32(4)21-13-27-18(12-28-21)15-9-16(25)14(10-20(15)33)17-5-8-31(3)29-17/h5,8-10,12-13,19,22,30,33H,6-7,11H2,1-4H3/t19-,22-,23-,24+/m0/s1. The highest BCUT2D eigenvalue weighted by atomic mass is 19.1. The molecule has 2 saturated heterocycles. The third-order valence-electron chi connectivity index (χ3n) is 7.24. The number of anilines is 1. The summed E-state index contributed by atoms with van der Waals surface area (Å²) >= 11 is 0. The molecule has 2 N–H and O–H groups in total. The van der Waals surface area contributed by atoms with Crippen molar-refractivity contribution in [1.82, 2.24) is 25.1 Å². The number of fused-ring (bicyclic) bond motifs is 2. The molecule has 4 heterocycles. The molecule has 174 valence electrons. The van der Waals surface area contributed by atoms with Crippen molar-refractivity contribution in [2.24, 2.45) is 7.05 Å². The van der Waals surface area contributed by atoms with Crippen LogP contribution < -0.4 is 10.2 Å². The fourth-order valence-corrected chi connectivity index (χ4v) is 5.37. The quantitative estimate of drug-likeness (QED) is 0.624. The number of aromatic nitrogens is 4. The first kappa shape index (κ1) is 21.8. The maximum atomic E-state index is 15.4. The molecule has 0 saturated carbocycles. The van der Waals surface area contributed by atoms with Gasteiger partial charge in [0.05, 0.1) is 29.8 Å². The predicted molar refractivity (Wildman–Crippen MR) is 122 cm³/mol. The van der Waals surface area contributed by atoms with Gasteiger partial charge < -0.3 is 15.3 Å². The van der Waals surface area contributed by atoms with E-state index in [2.05, 4.69) is 27.3 Å². The Morgan fingerprint density at radius 2 is 1.94 bits per heavy atom. The van der Waals surface area contributed by atoms with Gasteiger partial charge in [-0.15, -0.1) is 0 Å². The Kier molecular flexibility index (Phi) is 4.93.